The summed E-state index contributed by atoms with van der Waals surface area (Å²) in [6, 6.07) is 9.86. The van der Waals surface area contributed by atoms with Gasteiger partial charge in [0.15, 0.2) is 0 Å². The average molecular weight is 286 g/mol. The van der Waals surface area contributed by atoms with Crippen LogP contribution in [0.3, 0.4) is 0 Å². The van der Waals surface area contributed by atoms with Crippen molar-refractivity contribution in [2.75, 3.05) is 5.73 Å². The molecule has 110 valence electrons. The molecule has 4 heteroatoms. The molecular weight excluding hydrogens is 267 g/mol. The summed E-state index contributed by atoms with van der Waals surface area (Å²) in [5, 5.41) is 2.84. The van der Waals surface area contributed by atoms with Gasteiger partial charge in [0.25, 0.3) is 5.91 Å². The molecule has 3 nitrogen and oxygen atoms in total. The van der Waals surface area contributed by atoms with E-state index in [1.165, 1.54) is 6.07 Å². The van der Waals surface area contributed by atoms with Crippen LogP contribution in [0.2, 0.25) is 0 Å². The van der Waals surface area contributed by atoms with E-state index in [0.29, 0.717) is 16.8 Å². The van der Waals surface area contributed by atoms with Crippen molar-refractivity contribution < 1.29 is 9.18 Å². The lowest BCUT2D eigenvalue weighted by Crippen LogP contribution is -2.26. The highest BCUT2D eigenvalue weighted by Gasteiger charge is 2.13. The summed E-state index contributed by atoms with van der Waals surface area (Å²) in [6.07, 6.45) is 0. The molecule has 3 N–H and O–H groups in total. The Morgan fingerprint density at radius 2 is 1.81 bits per heavy atom. The van der Waals surface area contributed by atoms with Crippen molar-refractivity contribution in [3.63, 3.8) is 0 Å². The second kappa shape index (κ2) is 5.95. The lowest BCUT2D eigenvalue weighted by molar-refractivity contribution is 0.0940. The van der Waals surface area contributed by atoms with Gasteiger partial charge in [-0.15, -0.1) is 0 Å². The molecule has 2 rings (SSSR count). The third-order valence-electron chi connectivity index (χ3n) is 3.58. The molecular formula is C17H19FN2O. The first-order valence-electron chi connectivity index (χ1n) is 6.81. The number of aryl methyl sites for hydroxylation is 2. The van der Waals surface area contributed by atoms with E-state index in [2.05, 4.69) is 5.32 Å². The van der Waals surface area contributed by atoms with Gasteiger partial charge >= 0.3 is 0 Å². The zero-order chi connectivity index (χ0) is 15.6. The van der Waals surface area contributed by atoms with E-state index in [1.54, 1.807) is 31.2 Å². The highest BCUT2D eigenvalue weighted by Crippen LogP contribution is 2.18. The van der Waals surface area contributed by atoms with Gasteiger partial charge in [0.05, 0.1) is 6.04 Å². The number of carbonyl (C=O) groups excluding carboxylic acids is 1. The smallest absolute Gasteiger partial charge is 0.251 e. The number of anilines is 1. The number of nitrogen functional groups attached to an aromatic ring is 1. The Kier molecular flexibility index (Phi) is 4.26. The normalized spacial score (nSPS) is 12.0. The molecule has 0 saturated heterocycles. The number of hydrogen-bond donors (Lipinski definition) is 2. The molecule has 0 spiro atoms. The van der Waals surface area contributed by atoms with Crippen molar-refractivity contribution in [1.82, 2.24) is 5.32 Å². The van der Waals surface area contributed by atoms with Crippen LogP contribution in [0.15, 0.2) is 36.4 Å². The van der Waals surface area contributed by atoms with E-state index in [0.717, 1.165) is 11.1 Å². The van der Waals surface area contributed by atoms with Crippen LogP contribution in [0, 0.1) is 19.7 Å². The van der Waals surface area contributed by atoms with E-state index in [1.807, 2.05) is 19.9 Å². The molecule has 0 bridgehead atoms. The lowest BCUT2D eigenvalue weighted by Gasteiger charge is -2.15. The van der Waals surface area contributed by atoms with Crippen LogP contribution < -0.4 is 11.1 Å². The zero-order valence-corrected chi connectivity index (χ0v) is 12.4. The quantitative estimate of drug-likeness (QED) is 0.848. The minimum absolute atomic E-state index is 0.227. The molecule has 0 aliphatic heterocycles. The van der Waals surface area contributed by atoms with Gasteiger partial charge in [0, 0.05) is 11.3 Å². The number of amides is 1. The molecule has 1 atom stereocenters. The summed E-state index contributed by atoms with van der Waals surface area (Å²) in [4.78, 5) is 12.2. The predicted molar refractivity (Wildman–Crippen MR) is 82.6 cm³/mol. The van der Waals surface area contributed by atoms with Gasteiger partial charge < -0.3 is 11.1 Å². The van der Waals surface area contributed by atoms with Crippen LogP contribution in [0.4, 0.5) is 10.1 Å². The molecule has 0 heterocycles. The summed E-state index contributed by atoms with van der Waals surface area (Å²) in [7, 11) is 0. The Hall–Kier alpha value is -2.36. The number of rotatable bonds is 3. The predicted octanol–water partition coefficient (Wildman–Crippen LogP) is 3.52. The van der Waals surface area contributed by atoms with E-state index < -0.39 is 0 Å². The van der Waals surface area contributed by atoms with Crippen LogP contribution >= 0.6 is 0 Å². The molecule has 2 aromatic rings. The van der Waals surface area contributed by atoms with Crippen molar-refractivity contribution in [2.45, 2.75) is 26.8 Å². The SMILES string of the molecule is Cc1ccc(C(=O)NC(C)c2ccc(C)c(F)c2)cc1N. The zero-order valence-electron chi connectivity index (χ0n) is 12.4. The molecule has 21 heavy (non-hydrogen) atoms. The summed E-state index contributed by atoms with van der Waals surface area (Å²) < 4.78 is 13.6. The molecule has 0 aliphatic rings. The fourth-order valence-corrected chi connectivity index (χ4v) is 2.02. The van der Waals surface area contributed by atoms with E-state index in [-0.39, 0.29) is 17.8 Å². The maximum atomic E-state index is 13.6. The molecule has 0 aliphatic carbocycles. The average Bonchev–Trinajstić information content (AvgIpc) is 2.44. The molecule has 1 amide bonds. The Labute approximate surface area is 124 Å². The molecule has 1 unspecified atom stereocenters. The standard InChI is InChI=1S/C17H19FN2O/c1-10-4-6-13(8-15(10)18)12(3)20-17(21)14-7-5-11(2)16(19)9-14/h4-9,12H,19H2,1-3H3,(H,20,21). The number of halogens is 1. The molecule has 2 aromatic carbocycles. The van der Waals surface area contributed by atoms with Crippen LogP contribution in [-0.2, 0) is 0 Å². The minimum atomic E-state index is -0.282. The summed E-state index contributed by atoms with van der Waals surface area (Å²) in [5.74, 6) is -0.497. The second-order valence-electron chi connectivity index (χ2n) is 5.28. The molecule has 0 fully saturated rings. The number of nitrogens with two attached hydrogens (primary N) is 1. The third-order valence-corrected chi connectivity index (χ3v) is 3.58. The van der Waals surface area contributed by atoms with Crippen molar-refractivity contribution in [3.8, 4) is 0 Å². The van der Waals surface area contributed by atoms with Crippen LogP contribution in [0.1, 0.15) is 40.0 Å². The summed E-state index contributed by atoms with van der Waals surface area (Å²) in [6.45, 7) is 5.41. The first-order chi connectivity index (χ1) is 9.88. The van der Waals surface area contributed by atoms with Gasteiger partial charge in [0.2, 0.25) is 0 Å². The monoisotopic (exact) mass is 286 g/mol. The Morgan fingerprint density at radius 1 is 1.14 bits per heavy atom. The maximum Gasteiger partial charge on any atom is 0.251 e. The minimum Gasteiger partial charge on any atom is -0.398 e. The second-order valence-corrected chi connectivity index (χ2v) is 5.28. The van der Waals surface area contributed by atoms with Gasteiger partial charge in [-0.2, -0.15) is 0 Å². The number of carbonyl (C=O) groups is 1. The number of nitrogens with one attached hydrogen (secondary N) is 1. The van der Waals surface area contributed by atoms with E-state index >= 15 is 0 Å². The molecule has 0 saturated carbocycles. The Morgan fingerprint density at radius 3 is 2.43 bits per heavy atom. The number of hydrogen-bond acceptors (Lipinski definition) is 2. The van der Waals surface area contributed by atoms with Gasteiger partial charge in [-0.05, 0) is 55.7 Å². The van der Waals surface area contributed by atoms with Gasteiger partial charge in [-0.25, -0.2) is 4.39 Å². The third kappa shape index (κ3) is 3.40. The van der Waals surface area contributed by atoms with Gasteiger partial charge in [-0.3, -0.25) is 4.79 Å². The van der Waals surface area contributed by atoms with Crippen molar-refractivity contribution in [3.05, 3.63) is 64.5 Å². The van der Waals surface area contributed by atoms with E-state index in [4.69, 9.17) is 5.73 Å². The first kappa shape index (κ1) is 15.0. The van der Waals surface area contributed by atoms with Crippen LogP contribution in [0.25, 0.3) is 0 Å². The van der Waals surface area contributed by atoms with Crippen molar-refractivity contribution >= 4 is 11.6 Å². The first-order valence-corrected chi connectivity index (χ1v) is 6.81. The van der Waals surface area contributed by atoms with Crippen LogP contribution in [0.5, 0.6) is 0 Å². The van der Waals surface area contributed by atoms with Gasteiger partial charge in [-0.1, -0.05) is 18.2 Å². The molecule has 0 aromatic heterocycles. The Bertz CT molecular complexity index is 682. The fourth-order valence-electron chi connectivity index (χ4n) is 2.02. The summed E-state index contributed by atoms with van der Waals surface area (Å²) in [5.41, 5.74) is 9.13. The number of benzene rings is 2. The van der Waals surface area contributed by atoms with E-state index in [9.17, 15) is 9.18 Å². The van der Waals surface area contributed by atoms with Crippen molar-refractivity contribution in [1.29, 1.82) is 0 Å². The topological polar surface area (TPSA) is 55.1 Å². The Balaban J connectivity index is 2.14. The lowest BCUT2D eigenvalue weighted by atomic mass is 10.0. The van der Waals surface area contributed by atoms with Crippen LogP contribution in [-0.4, -0.2) is 5.91 Å². The largest absolute Gasteiger partial charge is 0.398 e. The van der Waals surface area contributed by atoms with Gasteiger partial charge in [0.1, 0.15) is 5.82 Å². The fraction of sp³-hybridized carbons (Fsp3) is 0.235. The maximum absolute atomic E-state index is 13.6. The van der Waals surface area contributed by atoms with Crippen molar-refractivity contribution in [2.24, 2.45) is 0 Å². The highest BCUT2D eigenvalue weighted by molar-refractivity contribution is 5.95. The summed E-state index contributed by atoms with van der Waals surface area (Å²) >= 11 is 0. The molecule has 0 radical (unpaired) electrons. The highest BCUT2D eigenvalue weighted by atomic mass is 19.1.